The van der Waals surface area contributed by atoms with E-state index in [-0.39, 0.29) is 17.3 Å². The van der Waals surface area contributed by atoms with Crippen LogP contribution in [0.25, 0.3) is 0 Å². The van der Waals surface area contributed by atoms with Crippen molar-refractivity contribution in [2.75, 3.05) is 19.5 Å². The summed E-state index contributed by atoms with van der Waals surface area (Å²) in [5.41, 5.74) is 12.0. The molecular formula is C23H30ClFN4O2. The lowest BCUT2D eigenvalue weighted by Crippen LogP contribution is -2.56. The van der Waals surface area contributed by atoms with E-state index in [9.17, 15) is 9.18 Å². The lowest BCUT2D eigenvalue weighted by atomic mass is 9.68. The maximum absolute atomic E-state index is 14.9. The van der Waals surface area contributed by atoms with Gasteiger partial charge in [0.25, 0.3) is 0 Å². The number of anilines is 2. The Balaban J connectivity index is 2.50. The van der Waals surface area contributed by atoms with Gasteiger partial charge in [-0.2, -0.15) is 0 Å². The maximum atomic E-state index is 14.9. The Bertz CT molecular complexity index is 1020. The van der Waals surface area contributed by atoms with Crippen LogP contribution >= 0.6 is 11.6 Å². The van der Waals surface area contributed by atoms with E-state index in [1.165, 1.54) is 25.1 Å². The number of ether oxygens (including phenoxy) is 1. The summed E-state index contributed by atoms with van der Waals surface area (Å²) < 4.78 is 20.3. The molecule has 0 heterocycles. The Kier molecular flexibility index (Phi) is 6.93. The molecule has 8 heteroatoms. The zero-order valence-corrected chi connectivity index (χ0v) is 19.5. The third kappa shape index (κ3) is 4.62. The van der Waals surface area contributed by atoms with Crippen molar-refractivity contribution in [3.05, 3.63) is 64.7 Å². The van der Waals surface area contributed by atoms with Gasteiger partial charge in [0.05, 0.1) is 29.6 Å². The number of benzene rings is 2. The maximum Gasteiger partial charge on any atom is 0.235 e. The van der Waals surface area contributed by atoms with Crippen LogP contribution in [0.2, 0.25) is 5.02 Å². The van der Waals surface area contributed by atoms with Crippen molar-refractivity contribution in [3.8, 4) is 5.75 Å². The van der Waals surface area contributed by atoms with Gasteiger partial charge in [0.1, 0.15) is 11.6 Å². The van der Waals surface area contributed by atoms with Crippen molar-refractivity contribution < 1.29 is 13.9 Å². The molecular weight excluding hydrogens is 419 g/mol. The van der Waals surface area contributed by atoms with Gasteiger partial charge in [0.2, 0.25) is 5.91 Å². The molecule has 1 amide bonds. The van der Waals surface area contributed by atoms with Crippen LogP contribution in [-0.4, -0.2) is 25.0 Å². The Morgan fingerprint density at radius 1 is 1.26 bits per heavy atom. The molecule has 0 saturated carbocycles. The predicted octanol–water partition coefficient (Wildman–Crippen LogP) is 4.63. The summed E-state index contributed by atoms with van der Waals surface area (Å²) in [7, 11) is 3.04. The molecule has 6 nitrogen and oxygen atoms in total. The predicted molar refractivity (Wildman–Crippen MR) is 124 cm³/mol. The van der Waals surface area contributed by atoms with Gasteiger partial charge >= 0.3 is 0 Å². The number of carbonyl (C=O) groups is 1. The van der Waals surface area contributed by atoms with Crippen LogP contribution in [0.3, 0.4) is 0 Å². The van der Waals surface area contributed by atoms with Crippen molar-refractivity contribution in [2.24, 2.45) is 16.9 Å². The Labute approximate surface area is 188 Å². The molecule has 31 heavy (non-hydrogen) atoms. The molecule has 0 saturated heterocycles. The molecule has 2 aromatic rings. The van der Waals surface area contributed by atoms with Crippen LogP contribution in [0.5, 0.6) is 5.75 Å². The highest BCUT2D eigenvalue weighted by Crippen LogP contribution is 2.41. The highest BCUT2D eigenvalue weighted by molar-refractivity contribution is 6.31. The fourth-order valence-corrected chi connectivity index (χ4v) is 3.35. The molecule has 1 atom stereocenters. The summed E-state index contributed by atoms with van der Waals surface area (Å²) in [4.78, 5) is 14.2. The van der Waals surface area contributed by atoms with Crippen molar-refractivity contribution in [1.29, 1.82) is 0 Å². The number of amides is 1. The molecule has 0 bridgehead atoms. The molecule has 168 valence electrons. The second kappa shape index (κ2) is 8.77. The number of rotatable bonds is 7. The number of carbonyl (C=O) groups excluding carboxylic acids is 1. The van der Waals surface area contributed by atoms with Gasteiger partial charge in [-0.25, -0.2) is 4.39 Å². The highest BCUT2D eigenvalue weighted by Gasteiger charge is 2.47. The molecule has 5 N–H and O–H groups in total. The van der Waals surface area contributed by atoms with Crippen LogP contribution in [0.1, 0.15) is 31.9 Å². The molecule has 0 aliphatic heterocycles. The van der Waals surface area contributed by atoms with Crippen LogP contribution < -0.4 is 21.5 Å². The number of nitrogens with zero attached hydrogens (tertiary/aromatic N) is 1. The normalized spacial score (nSPS) is 13.3. The van der Waals surface area contributed by atoms with E-state index < -0.39 is 16.8 Å². The number of halogens is 2. The second-order valence-electron chi connectivity index (χ2n) is 8.30. The lowest BCUT2D eigenvalue weighted by molar-refractivity contribution is -0.141. The van der Waals surface area contributed by atoms with Gasteiger partial charge in [-0.1, -0.05) is 18.2 Å². The summed E-state index contributed by atoms with van der Waals surface area (Å²) in [6, 6.07) is 8.02. The molecule has 0 spiro atoms. The molecule has 0 unspecified atom stereocenters. The van der Waals surface area contributed by atoms with E-state index >= 15 is 0 Å². The molecule has 0 radical (unpaired) electrons. The molecule has 0 fully saturated rings. The van der Waals surface area contributed by atoms with Gasteiger partial charge < -0.3 is 26.4 Å². The fraction of sp³-hybridized carbons (Fsp3) is 0.348. The monoisotopic (exact) mass is 448 g/mol. The second-order valence-corrected chi connectivity index (χ2v) is 8.71. The minimum atomic E-state index is -1.37. The van der Waals surface area contributed by atoms with Gasteiger partial charge in [0, 0.05) is 29.4 Å². The first-order valence-corrected chi connectivity index (χ1v) is 10.0. The third-order valence-electron chi connectivity index (χ3n) is 5.85. The minimum absolute atomic E-state index is 0.0787. The van der Waals surface area contributed by atoms with E-state index in [0.29, 0.717) is 22.1 Å². The molecule has 0 aliphatic carbocycles. The molecule has 0 aromatic heterocycles. The van der Waals surface area contributed by atoms with Crippen molar-refractivity contribution in [3.63, 3.8) is 0 Å². The summed E-state index contributed by atoms with van der Waals surface area (Å²) in [5, 5.41) is 3.79. The van der Waals surface area contributed by atoms with Gasteiger partial charge in [-0.15, -0.1) is 0 Å². The van der Waals surface area contributed by atoms with Gasteiger partial charge in [0.15, 0.2) is 0 Å². The summed E-state index contributed by atoms with van der Waals surface area (Å²) in [5.74, 6) is -0.284. The quantitative estimate of drug-likeness (QED) is 0.574. The van der Waals surface area contributed by atoms with Crippen LogP contribution in [-0.2, 0) is 10.3 Å². The largest absolute Gasteiger partial charge is 0.495 e. The Morgan fingerprint density at radius 2 is 1.87 bits per heavy atom. The Hall–Kier alpha value is -2.77. The lowest BCUT2D eigenvalue weighted by Gasteiger charge is -2.42. The number of nitrogens with two attached hydrogens (primary N) is 2. The average Bonchev–Trinajstić information content (AvgIpc) is 2.70. The molecule has 2 aromatic carbocycles. The Morgan fingerprint density at radius 3 is 2.42 bits per heavy atom. The van der Waals surface area contributed by atoms with Crippen LogP contribution in [0.15, 0.2) is 42.7 Å². The first-order valence-electron chi connectivity index (χ1n) is 9.66. The van der Waals surface area contributed by atoms with E-state index in [4.69, 9.17) is 27.8 Å². The van der Waals surface area contributed by atoms with Crippen molar-refractivity contribution in [2.45, 2.75) is 33.2 Å². The summed E-state index contributed by atoms with van der Waals surface area (Å²) >= 11 is 6.18. The first kappa shape index (κ1) is 24.5. The summed E-state index contributed by atoms with van der Waals surface area (Å²) in [6.07, 6.45) is 0. The number of hydrogen-bond donors (Lipinski definition) is 3. The standard InChI is InChI=1S/C23H30ClFN4O2/c1-13-10-19(20(31-7)12-17(13)24)28-15-8-9-18(25)16(11-15)23(5,27)22(3,4)21(30)29(6)14(2)26/h8-12,28H,2,26-27H2,1,3-7H3/t23-/m1/s1. The number of methoxy groups -OCH3 is 1. The van der Waals surface area contributed by atoms with E-state index in [1.54, 1.807) is 39.0 Å². The van der Waals surface area contributed by atoms with E-state index in [2.05, 4.69) is 11.9 Å². The van der Waals surface area contributed by atoms with Crippen LogP contribution in [0, 0.1) is 18.2 Å². The number of nitrogens with one attached hydrogen (secondary N) is 1. The SMILES string of the molecule is C=C(N)N(C)C(=O)C(C)(C)[C@](C)(N)c1cc(Nc2cc(C)c(Cl)cc2OC)ccc1F. The van der Waals surface area contributed by atoms with Gasteiger partial charge in [-0.3, -0.25) is 4.79 Å². The third-order valence-corrected chi connectivity index (χ3v) is 6.26. The van der Waals surface area contributed by atoms with Gasteiger partial charge in [-0.05, 0) is 57.5 Å². The first-order chi connectivity index (χ1) is 14.2. The topological polar surface area (TPSA) is 93.6 Å². The smallest absolute Gasteiger partial charge is 0.235 e. The van der Waals surface area contributed by atoms with Crippen molar-refractivity contribution in [1.82, 2.24) is 4.90 Å². The zero-order chi connectivity index (χ0) is 23.7. The average molecular weight is 449 g/mol. The summed E-state index contributed by atoms with van der Waals surface area (Å²) in [6.45, 7) is 10.4. The molecule has 0 aliphatic rings. The van der Waals surface area contributed by atoms with Crippen LogP contribution in [0.4, 0.5) is 15.8 Å². The minimum Gasteiger partial charge on any atom is -0.495 e. The fourth-order valence-electron chi connectivity index (χ4n) is 3.19. The molecule has 2 rings (SSSR count). The number of aryl methyl sites for hydroxylation is 1. The van der Waals surface area contributed by atoms with E-state index in [0.717, 1.165) is 5.56 Å². The zero-order valence-electron chi connectivity index (χ0n) is 18.8. The number of hydrogen-bond acceptors (Lipinski definition) is 5. The van der Waals surface area contributed by atoms with E-state index in [1.807, 2.05) is 13.0 Å². The highest BCUT2D eigenvalue weighted by atomic mass is 35.5. The van der Waals surface area contributed by atoms with Crippen molar-refractivity contribution >= 4 is 28.9 Å².